The summed E-state index contributed by atoms with van der Waals surface area (Å²) in [5, 5.41) is 11.5. The Morgan fingerprint density at radius 3 is 2.81 bits per heavy atom. The monoisotopic (exact) mass is 298 g/mol. The van der Waals surface area contributed by atoms with Crippen molar-refractivity contribution in [2.45, 2.75) is 26.6 Å². The van der Waals surface area contributed by atoms with Crippen LogP contribution in [0.2, 0.25) is 0 Å². The molecule has 1 aromatic rings. The fourth-order valence-corrected chi connectivity index (χ4v) is 1.58. The molecule has 21 heavy (non-hydrogen) atoms. The second-order valence-corrected chi connectivity index (χ2v) is 4.13. The van der Waals surface area contributed by atoms with Gasteiger partial charge in [0.1, 0.15) is 18.5 Å². The van der Waals surface area contributed by atoms with E-state index in [0.717, 1.165) is 0 Å². The lowest BCUT2D eigenvalue weighted by Crippen LogP contribution is -2.28. The van der Waals surface area contributed by atoms with Crippen LogP contribution in [0, 0.1) is 0 Å². The number of carbonyl (C=O) groups excluding carboxylic acids is 1. The summed E-state index contributed by atoms with van der Waals surface area (Å²) in [5.41, 5.74) is 0.469. The maximum absolute atomic E-state index is 11.7. The molecule has 0 saturated heterocycles. The SMILES string of the molecule is CCOCC(COC(=O)Nc1cccc(CO)n1)OCC. The van der Waals surface area contributed by atoms with Crippen molar-refractivity contribution in [1.82, 2.24) is 4.98 Å². The smallest absolute Gasteiger partial charge is 0.412 e. The summed E-state index contributed by atoms with van der Waals surface area (Å²) in [7, 11) is 0. The molecule has 1 amide bonds. The quantitative estimate of drug-likeness (QED) is 0.719. The number of nitrogens with zero attached hydrogens (tertiary/aromatic N) is 1. The molecule has 0 radical (unpaired) electrons. The molecule has 0 aliphatic rings. The maximum Gasteiger partial charge on any atom is 0.412 e. The lowest BCUT2D eigenvalue weighted by Gasteiger charge is -2.16. The lowest BCUT2D eigenvalue weighted by molar-refractivity contribution is -0.0373. The molecule has 2 N–H and O–H groups in total. The fourth-order valence-electron chi connectivity index (χ4n) is 1.58. The summed E-state index contributed by atoms with van der Waals surface area (Å²) >= 11 is 0. The molecule has 1 rings (SSSR count). The predicted octanol–water partition coefficient (Wildman–Crippen LogP) is 1.56. The number of hydrogen-bond donors (Lipinski definition) is 2. The van der Waals surface area contributed by atoms with Gasteiger partial charge in [-0.05, 0) is 26.0 Å². The van der Waals surface area contributed by atoms with Crippen LogP contribution in [0.5, 0.6) is 0 Å². The Hall–Kier alpha value is -1.70. The standard InChI is InChI=1S/C14H22N2O5/c1-3-19-9-12(20-4-2)10-21-14(18)16-13-7-5-6-11(8-17)15-13/h5-7,12,17H,3-4,8-10H2,1-2H3,(H,15,16,18). The Labute approximate surface area is 124 Å². The summed E-state index contributed by atoms with van der Waals surface area (Å²) in [5.74, 6) is 0.323. The number of rotatable bonds is 9. The van der Waals surface area contributed by atoms with Crippen molar-refractivity contribution >= 4 is 11.9 Å². The van der Waals surface area contributed by atoms with E-state index in [1.165, 1.54) is 0 Å². The van der Waals surface area contributed by atoms with Gasteiger partial charge in [0.05, 0.1) is 18.9 Å². The third-order valence-corrected chi connectivity index (χ3v) is 2.51. The van der Waals surface area contributed by atoms with E-state index in [0.29, 0.717) is 31.3 Å². The van der Waals surface area contributed by atoms with Gasteiger partial charge in [0.15, 0.2) is 0 Å². The Bertz CT molecular complexity index is 428. The van der Waals surface area contributed by atoms with Crippen molar-refractivity contribution in [2.24, 2.45) is 0 Å². The molecule has 7 heteroatoms. The highest BCUT2D eigenvalue weighted by Gasteiger charge is 2.12. The second-order valence-electron chi connectivity index (χ2n) is 4.13. The van der Waals surface area contributed by atoms with Crippen molar-refractivity contribution < 1.29 is 24.1 Å². The first kappa shape index (κ1) is 17.4. The Morgan fingerprint density at radius 2 is 2.14 bits per heavy atom. The molecule has 1 atom stereocenters. The molecule has 118 valence electrons. The van der Waals surface area contributed by atoms with Crippen molar-refractivity contribution in [3.8, 4) is 0 Å². The predicted molar refractivity (Wildman–Crippen MR) is 77.0 cm³/mol. The molecule has 0 aliphatic heterocycles. The number of aliphatic hydroxyl groups excluding tert-OH is 1. The number of aliphatic hydroxyl groups is 1. The van der Waals surface area contributed by atoms with Crippen LogP contribution in [-0.4, -0.2) is 48.7 Å². The highest BCUT2D eigenvalue weighted by Crippen LogP contribution is 2.05. The van der Waals surface area contributed by atoms with Gasteiger partial charge >= 0.3 is 6.09 Å². The van der Waals surface area contributed by atoms with Crippen LogP contribution in [0.3, 0.4) is 0 Å². The molecule has 0 saturated carbocycles. The third kappa shape index (κ3) is 7.03. The van der Waals surface area contributed by atoms with Crippen LogP contribution in [0.1, 0.15) is 19.5 Å². The normalized spacial score (nSPS) is 12.0. The molecule has 1 aromatic heterocycles. The number of nitrogens with one attached hydrogen (secondary N) is 1. The third-order valence-electron chi connectivity index (χ3n) is 2.51. The zero-order chi connectivity index (χ0) is 15.5. The summed E-state index contributed by atoms with van der Waals surface area (Å²) in [6.45, 7) is 5.12. The molecule has 0 aliphatic carbocycles. The first-order valence-electron chi connectivity index (χ1n) is 6.89. The zero-order valence-corrected chi connectivity index (χ0v) is 12.4. The fraction of sp³-hybridized carbons (Fsp3) is 0.571. The molecule has 0 bridgehead atoms. The minimum absolute atomic E-state index is 0.0966. The van der Waals surface area contributed by atoms with E-state index in [4.69, 9.17) is 19.3 Å². The first-order valence-corrected chi connectivity index (χ1v) is 6.89. The van der Waals surface area contributed by atoms with Gasteiger partial charge in [0, 0.05) is 13.2 Å². The van der Waals surface area contributed by atoms with Crippen molar-refractivity contribution in [3.63, 3.8) is 0 Å². The van der Waals surface area contributed by atoms with E-state index in [-0.39, 0.29) is 19.3 Å². The summed E-state index contributed by atoms with van der Waals surface area (Å²) in [6.07, 6.45) is -0.920. The molecule has 0 aromatic carbocycles. The van der Waals surface area contributed by atoms with E-state index in [1.54, 1.807) is 18.2 Å². The van der Waals surface area contributed by atoms with Crippen LogP contribution >= 0.6 is 0 Å². The van der Waals surface area contributed by atoms with E-state index in [2.05, 4.69) is 10.3 Å². The number of carbonyl (C=O) groups is 1. The molecule has 1 heterocycles. The lowest BCUT2D eigenvalue weighted by atomic mass is 10.3. The van der Waals surface area contributed by atoms with Gasteiger partial charge in [0.25, 0.3) is 0 Å². The van der Waals surface area contributed by atoms with E-state index < -0.39 is 6.09 Å². The van der Waals surface area contributed by atoms with Gasteiger partial charge in [-0.25, -0.2) is 9.78 Å². The Morgan fingerprint density at radius 1 is 1.33 bits per heavy atom. The van der Waals surface area contributed by atoms with E-state index in [1.807, 2.05) is 13.8 Å². The van der Waals surface area contributed by atoms with Crippen LogP contribution in [0.4, 0.5) is 10.6 Å². The zero-order valence-electron chi connectivity index (χ0n) is 12.4. The van der Waals surface area contributed by atoms with Gasteiger partial charge in [-0.15, -0.1) is 0 Å². The van der Waals surface area contributed by atoms with Crippen LogP contribution < -0.4 is 5.32 Å². The largest absolute Gasteiger partial charge is 0.446 e. The second kappa shape index (κ2) is 10.1. The van der Waals surface area contributed by atoms with E-state index in [9.17, 15) is 4.79 Å². The highest BCUT2D eigenvalue weighted by molar-refractivity contribution is 5.83. The molecule has 1 unspecified atom stereocenters. The van der Waals surface area contributed by atoms with Crippen LogP contribution in [-0.2, 0) is 20.8 Å². The topological polar surface area (TPSA) is 89.9 Å². The van der Waals surface area contributed by atoms with Gasteiger partial charge in [-0.2, -0.15) is 0 Å². The van der Waals surface area contributed by atoms with Crippen molar-refractivity contribution in [2.75, 3.05) is 31.7 Å². The number of ether oxygens (including phenoxy) is 3. The molecule has 0 fully saturated rings. The number of aromatic nitrogens is 1. The average molecular weight is 298 g/mol. The van der Waals surface area contributed by atoms with Crippen LogP contribution in [0.25, 0.3) is 0 Å². The maximum atomic E-state index is 11.7. The first-order chi connectivity index (χ1) is 10.2. The van der Waals surface area contributed by atoms with Gasteiger partial charge in [-0.1, -0.05) is 6.07 Å². The number of anilines is 1. The Kier molecular flexibility index (Phi) is 8.34. The van der Waals surface area contributed by atoms with Crippen molar-refractivity contribution in [3.05, 3.63) is 23.9 Å². The molecule has 7 nitrogen and oxygen atoms in total. The van der Waals surface area contributed by atoms with Gasteiger partial charge in [-0.3, -0.25) is 5.32 Å². The molecular formula is C14H22N2O5. The minimum atomic E-state index is -0.626. The summed E-state index contributed by atoms with van der Waals surface area (Å²) in [4.78, 5) is 15.7. The van der Waals surface area contributed by atoms with Gasteiger partial charge < -0.3 is 19.3 Å². The summed E-state index contributed by atoms with van der Waals surface area (Å²) < 4.78 is 15.7. The molecule has 0 spiro atoms. The average Bonchev–Trinajstić information content (AvgIpc) is 2.50. The minimum Gasteiger partial charge on any atom is -0.446 e. The van der Waals surface area contributed by atoms with Crippen LogP contribution in [0.15, 0.2) is 18.2 Å². The summed E-state index contributed by atoms with van der Waals surface area (Å²) in [6, 6.07) is 4.95. The highest BCUT2D eigenvalue weighted by atomic mass is 16.6. The number of amides is 1. The number of hydrogen-bond acceptors (Lipinski definition) is 6. The van der Waals surface area contributed by atoms with Gasteiger partial charge in [0.2, 0.25) is 0 Å². The van der Waals surface area contributed by atoms with E-state index >= 15 is 0 Å². The number of pyridine rings is 1. The Balaban J connectivity index is 2.40. The van der Waals surface area contributed by atoms with Crippen molar-refractivity contribution in [1.29, 1.82) is 0 Å². The molecular weight excluding hydrogens is 276 g/mol.